The lowest BCUT2D eigenvalue weighted by atomic mass is 10.1. The number of hydrogen-bond acceptors (Lipinski definition) is 4. The number of hydrogen-bond donors (Lipinski definition) is 1. The molecule has 2 aromatic rings. The second-order valence-electron chi connectivity index (χ2n) is 4.83. The first-order valence-corrected chi connectivity index (χ1v) is 7.34. The van der Waals surface area contributed by atoms with E-state index in [-0.39, 0.29) is 5.38 Å². The lowest BCUT2D eigenvalue weighted by Crippen LogP contribution is -2.20. The predicted molar refractivity (Wildman–Crippen MR) is 79.9 cm³/mol. The summed E-state index contributed by atoms with van der Waals surface area (Å²) < 4.78 is 0. The van der Waals surface area contributed by atoms with Crippen molar-refractivity contribution in [2.45, 2.75) is 33.1 Å². The van der Waals surface area contributed by atoms with E-state index in [1.807, 2.05) is 0 Å². The van der Waals surface area contributed by atoms with E-state index in [0.29, 0.717) is 5.92 Å². The maximum Gasteiger partial charge on any atom is 0.138 e. The molecule has 0 amide bonds. The average Bonchev–Trinajstić information content (AvgIpc) is 2.62. The minimum Gasteiger partial charge on any atom is -0.368 e. The van der Waals surface area contributed by atoms with Crippen LogP contribution in [0.5, 0.6) is 0 Å². The molecule has 0 fully saturated rings. The third-order valence-corrected chi connectivity index (χ3v) is 4.93. The van der Waals surface area contributed by atoms with Crippen molar-refractivity contribution in [3.63, 3.8) is 0 Å². The first kappa shape index (κ1) is 13.6. The maximum absolute atomic E-state index is 6.26. The Hall–Kier alpha value is -0.870. The van der Waals surface area contributed by atoms with Crippen LogP contribution in [0.4, 0.5) is 5.82 Å². The number of aryl methyl sites for hydroxylation is 2. The lowest BCUT2D eigenvalue weighted by Gasteiger charge is -2.15. The van der Waals surface area contributed by atoms with Gasteiger partial charge in [0.05, 0.1) is 10.8 Å². The Kier molecular flexibility index (Phi) is 4.07. The zero-order chi connectivity index (χ0) is 13.3. The molecule has 0 radical (unpaired) electrons. The Labute approximate surface area is 117 Å². The van der Waals surface area contributed by atoms with Crippen LogP contribution in [-0.4, -0.2) is 21.9 Å². The zero-order valence-corrected chi connectivity index (χ0v) is 12.7. The molecule has 0 bridgehead atoms. The molecular formula is C13H18ClN3S. The maximum atomic E-state index is 6.26. The summed E-state index contributed by atoms with van der Waals surface area (Å²) in [5.41, 5.74) is 1.26. The van der Waals surface area contributed by atoms with Crippen molar-refractivity contribution in [3.8, 4) is 0 Å². The third-order valence-electron chi connectivity index (χ3n) is 3.15. The van der Waals surface area contributed by atoms with Crippen molar-refractivity contribution >= 4 is 39.0 Å². The summed E-state index contributed by atoms with van der Waals surface area (Å²) in [6.07, 6.45) is 1.61. The molecular weight excluding hydrogens is 266 g/mol. The molecule has 0 saturated carbocycles. The summed E-state index contributed by atoms with van der Waals surface area (Å²) in [7, 11) is 0. The van der Waals surface area contributed by atoms with Gasteiger partial charge in [-0.25, -0.2) is 9.97 Å². The van der Waals surface area contributed by atoms with Gasteiger partial charge in [-0.3, -0.25) is 0 Å². The van der Waals surface area contributed by atoms with Crippen LogP contribution < -0.4 is 5.32 Å². The molecule has 0 aliphatic rings. The molecule has 1 N–H and O–H groups in total. The smallest absolute Gasteiger partial charge is 0.138 e. The Morgan fingerprint density at radius 3 is 2.72 bits per heavy atom. The number of anilines is 1. The fraction of sp³-hybridized carbons (Fsp3) is 0.538. The van der Waals surface area contributed by atoms with Gasteiger partial charge in [0.1, 0.15) is 17.0 Å². The highest BCUT2D eigenvalue weighted by atomic mass is 35.5. The Morgan fingerprint density at radius 2 is 2.06 bits per heavy atom. The highest BCUT2D eigenvalue weighted by Crippen LogP contribution is 2.32. The van der Waals surface area contributed by atoms with Crippen LogP contribution in [0.1, 0.15) is 24.3 Å². The molecule has 0 aromatic carbocycles. The lowest BCUT2D eigenvalue weighted by molar-refractivity contribution is 0.616. The second kappa shape index (κ2) is 5.41. The summed E-state index contributed by atoms with van der Waals surface area (Å²) in [6, 6.07) is 0. The number of nitrogens with zero attached hydrogens (tertiary/aromatic N) is 2. The van der Waals surface area contributed by atoms with Gasteiger partial charge in [0, 0.05) is 11.4 Å². The molecule has 1 unspecified atom stereocenters. The molecule has 2 rings (SSSR count). The Morgan fingerprint density at radius 1 is 1.33 bits per heavy atom. The van der Waals surface area contributed by atoms with E-state index in [1.54, 1.807) is 17.7 Å². The first-order chi connectivity index (χ1) is 8.50. The highest BCUT2D eigenvalue weighted by molar-refractivity contribution is 7.18. The van der Waals surface area contributed by atoms with Gasteiger partial charge in [-0.15, -0.1) is 22.9 Å². The summed E-state index contributed by atoms with van der Waals surface area (Å²) in [4.78, 5) is 11.0. The SMILES string of the molecule is Cc1sc2ncnc(NCC(Cl)C(C)C)c2c1C. The van der Waals surface area contributed by atoms with Crippen LogP contribution >= 0.6 is 22.9 Å². The molecule has 0 aliphatic heterocycles. The number of thiophene rings is 1. The average molecular weight is 284 g/mol. The van der Waals surface area contributed by atoms with Crippen LogP contribution in [-0.2, 0) is 0 Å². The van der Waals surface area contributed by atoms with E-state index in [0.717, 1.165) is 22.6 Å². The largest absolute Gasteiger partial charge is 0.368 e. The van der Waals surface area contributed by atoms with Gasteiger partial charge >= 0.3 is 0 Å². The summed E-state index contributed by atoms with van der Waals surface area (Å²) in [6.45, 7) is 9.19. The van der Waals surface area contributed by atoms with E-state index in [4.69, 9.17) is 11.6 Å². The Balaban J connectivity index is 2.28. The fourth-order valence-corrected chi connectivity index (χ4v) is 2.82. The van der Waals surface area contributed by atoms with Gasteiger partial charge in [-0.2, -0.15) is 0 Å². The zero-order valence-electron chi connectivity index (χ0n) is 11.1. The van der Waals surface area contributed by atoms with Crippen molar-refractivity contribution in [1.29, 1.82) is 0 Å². The van der Waals surface area contributed by atoms with Gasteiger partial charge in [0.2, 0.25) is 0 Å². The Bertz CT molecular complexity index is 550. The molecule has 0 saturated heterocycles. The number of halogens is 1. The second-order valence-corrected chi connectivity index (χ2v) is 6.59. The molecule has 2 heterocycles. The van der Waals surface area contributed by atoms with E-state index in [1.165, 1.54) is 10.4 Å². The van der Waals surface area contributed by atoms with Gasteiger partial charge in [-0.1, -0.05) is 13.8 Å². The summed E-state index contributed by atoms with van der Waals surface area (Å²) >= 11 is 7.97. The number of fused-ring (bicyclic) bond motifs is 1. The monoisotopic (exact) mass is 283 g/mol. The molecule has 3 nitrogen and oxygen atoms in total. The van der Waals surface area contributed by atoms with Gasteiger partial charge in [0.15, 0.2) is 0 Å². The van der Waals surface area contributed by atoms with E-state index in [9.17, 15) is 0 Å². The number of alkyl halides is 1. The first-order valence-electron chi connectivity index (χ1n) is 6.09. The van der Waals surface area contributed by atoms with Crippen LogP contribution in [0.25, 0.3) is 10.2 Å². The minimum atomic E-state index is 0.107. The van der Waals surface area contributed by atoms with Crippen LogP contribution in [0, 0.1) is 19.8 Å². The standard InChI is InChI=1S/C13H18ClN3S/c1-7(2)10(14)5-15-12-11-8(3)9(4)18-13(11)17-6-16-12/h6-7,10H,5H2,1-4H3,(H,15,16,17). The minimum absolute atomic E-state index is 0.107. The van der Waals surface area contributed by atoms with E-state index < -0.39 is 0 Å². The van der Waals surface area contributed by atoms with Crippen molar-refractivity contribution in [1.82, 2.24) is 9.97 Å². The van der Waals surface area contributed by atoms with Gasteiger partial charge in [-0.05, 0) is 25.3 Å². The molecule has 0 spiro atoms. The van der Waals surface area contributed by atoms with Crippen LogP contribution in [0.3, 0.4) is 0 Å². The molecule has 1 atom stereocenters. The summed E-state index contributed by atoms with van der Waals surface area (Å²) in [5.74, 6) is 1.34. The normalized spacial score (nSPS) is 13.2. The summed E-state index contributed by atoms with van der Waals surface area (Å²) in [5, 5.41) is 4.59. The molecule has 5 heteroatoms. The number of nitrogens with one attached hydrogen (secondary N) is 1. The quantitative estimate of drug-likeness (QED) is 0.863. The molecule has 98 valence electrons. The molecule has 2 aromatic heterocycles. The van der Waals surface area contributed by atoms with Crippen molar-refractivity contribution in [2.75, 3.05) is 11.9 Å². The van der Waals surface area contributed by atoms with E-state index >= 15 is 0 Å². The van der Waals surface area contributed by atoms with Crippen LogP contribution in [0.15, 0.2) is 6.33 Å². The van der Waals surface area contributed by atoms with Crippen LogP contribution in [0.2, 0.25) is 0 Å². The fourth-order valence-electron chi connectivity index (χ4n) is 1.75. The highest BCUT2D eigenvalue weighted by Gasteiger charge is 2.14. The van der Waals surface area contributed by atoms with Gasteiger partial charge in [0.25, 0.3) is 0 Å². The van der Waals surface area contributed by atoms with Crippen molar-refractivity contribution < 1.29 is 0 Å². The number of aromatic nitrogens is 2. The topological polar surface area (TPSA) is 37.8 Å². The third kappa shape index (κ3) is 2.59. The predicted octanol–water partition coefficient (Wildman–Crippen LogP) is 3.98. The van der Waals surface area contributed by atoms with Gasteiger partial charge < -0.3 is 5.32 Å². The van der Waals surface area contributed by atoms with Crippen molar-refractivity contribution in [3.05, 3.63) is 16.8 Å². The molecule has 0 aliphatic carbocycles. The van der Waals surface area contributed by atoms with E-state index in [2.05, 4.69) is 43.0 Å². The van der Waals surface area contributed by atoms with Crippen molar-refractivity contribution in [2.24, 2.45) is 5.92 Å². The molecule has 18 heavy (non-hydrogen) atoms. The number of rotatable bonds is 4.